The summed E-state index contributed by atoms with van der Waals surface area (Å²) in [6.45, 7) is 4.56. The molecule has 304 valence electrons. The molecule has 10 rings (SSSR count). The number of nitrogens with one attached hydrogen (secondary N) is 1. The Bertz CT molecular complexity index is 2050. The molecule has 4 fully saturated rings. The molecular formula is C52H63N3O3. The van der Waals surface area contributed by atoms with Gasteiger partial charge >= 0.3 is 5.97 Å². The third-order valence-electron chi connectivity index (χ3n) is 14.9. The molecule has 6 heteroatoms. The number of carbonyl (C=O) groups excluding carboxylic acids is 1. The van der Waals surface area contributed by atoms with Crippen molar-refractivity contribution in [2.24, 2.45) is 0 Å². The molecule has 4 aromatic rings. The van der Waals surface area contributed by atoms with Gasteiger partial charge in [0.25, 0.3) is 0 Å². The zero-order valence-corrected chi connectivity index (χ0v) is 35.0. The van der Waals surface area contributed by atoms with Crippen molar-refractivity contribution in [2.75, 3.05) is 15.1 Å². The first kappa shape index (κ1) is 37.8. The molecule has 4 saturated carbocycles. The molecule has 0 atom stereocenters. The van der Waals surface area contributed by atoms with Gasteiger partial charge in [-0.05, 0) is 101 Å². The Hall–Kier alpha value is -4.45. The number of hydrogen-bond donors (Lipinski definition) is 1. The van der Waals surface area contributed by atoms with Crippen LogP contribution < -0.4 is 19.9 Å². The van der Waals surface area contributed by atoms with E-state index in [1.54, 1.807) is 0 Å². The number of esters is 1. The van der Waals surface area contributed by atoms with E-state index in [-0.39, 0.29) is 5.97 Å². The van der Waals surface area contributed by atoms with Crippen molar-refractivity contribution in [3.8, 4) is 11.5 Å². The minimum atomic E-state index is -1.19. The summed E-state index contributed by atoms with van der Waals surface area (Å²) in [5, 5.41) is 4.08. The first-order valence-corrected chi connectivity index (χ1v) is 23.2. The summed E-state index contributed by atoms with van der Waals surface area (Å²) in [6, 6.07) is 27.0. The lowest BCUT2D eigenvalue weighted by Crippen LogP contribution is -2.50. The van der Waals surface area contributed by atoms with E-state index in [1.165, 1.54) is 151 Å². The average molecular weight is 778 g/mol. The maximum absolute atomic E-state index is 15.8. The smallest absolute Gasteiger partial charge is 0.342 e. The summed E-state index contributed by atoms with van der Waals surface area (Å²) in [7, 11) is 0. The lowest BCUT2D eigenvalue weighted by Gasteiger charge is -2.50. The number of benzene rings is 4. The average Bonchev–Trinajstić information content (AvgIpc) is 3.57. The number of nitrogens with zero attached hydrogens (tertiary/aromatic N) is 2. The molecule has 0 amide bonds. The lowest BCUT2D eigenvalue weighted by molar-refractivity contribution is 0.0226. The zero-order chi connectivity index (χ0) is 39.2. The van der Waals surface area contributed by atoms with E-state index in [0.717, 1.165) is 45.1 Å². The Kier molecular flexibility index (Phi) is 10.4. The van der Waals surface area contributed by atoms with Crippen LogP contribution >= 0.6 is 0 Å². The normalized spacial score (nSPS) is 21.1. The van der Waals surface area contributed by atoms with Crippen molar-refractivity contribution >= 4 is 28.7 Å². The van der Waals surface area contributed by atoms with Crippen LogP contribution in [0.3, 0.4) is 0 Å². The Morgan fingerprint density at radius 3 is 1.52 bits per heavy atom. The van der Waals surface area contributed by atoms with Crippen LogP contribution in [0.2, 0.25) is 0 Å². The number of fused-ring (bicyclic) bond motifs is 6. The van der Waals surface area contributed by atoms with Crippen molar-refractivity contribution in [1.82, 2.24) is 0 Å². The van der Waals surface area contributed by atoms with E-state index in [1.807, 2.05) is 24.3 Å². The van der Waals surface area contributed by atoms with Gasteiger partial charge in [0.1, 0.15) is 11.5 Å². The standard InChI is InChI=1S/C52H63N3O3/c1-35-20-19-21-37(34-35)53-48-36(2)49(54(38-22-7-3-8-23-38)39-24-9-4-10-25-39)50(55(40-26-11-5-12-27-40)41-28-13-6-14-29-41)46-47(48)52(58-51(46)56)42-30-15-17-32-44(42)57-45-33-18-16-31-43(45)52/h15-21,30-34,38-41,53H,3-14,22-29H2,1-2H3. The molecule has 0 saturated heterocycles. The summed E-state index contributed by atoms with van der Waals surface area (Å²) in [5.41, 5.74) is 9.37. The second-order valence-corrected chi connectivity index (χ2v) is 18.6. The molecule has 4 aliphatic carbocycles. The highest BCUT2D eigenvalue weighted by molar-refractivity contribution is 6.09. The van der Waals surface area contributed by atoms with E-state index >= 15 is 4.79 Å². The molecule has 0 aromatic heterocycles. The fraction of sp³-hybridized carbons (Fsp3) is 0.519. The van der Waals surface area contributed by atoms with Gasteiger partial charge in [-0.1, -0.05) is 126 Å². The Balaban J connectivity index is 1.34. The van der Waals surface area contributed by atoms with Gasteiger partial charge in [-0.3, -0.25) is 0 Å². The molecule has 2 aliphatic heterocycles. The second kappa shape index (κ2) is 16.0. The van der Waals surface area contributed by atoms with Gasteiger partial charge in [-0.2, -0.15) is 0 Å². The predicted octanol–water partition coefficient (Wildman–Crippen LogP) is 13.6. The summed E-state index contributed by atoms with van der Waals surface area (Å²) in [4.78, 5) is 21.7. The molecule has 6 aliphatic rings. The van der Waals surface area contributed by atoms with E-state index in [4.69, 9.17) is 9.47 Å². The maximum atomic E-state index is 15.8. The Labute approximate surface area is 346 Å². The van der Waals surface area contributed by atoms with Gasteiger partial charge in [-0.15, -0.1) is 0 Å². The van der Waals surface area contributed by atoms with Gasteiger partial charge in [0.15, 0.2) is 5.60 Å². The first-order valence-electron chi connectivity index (χ1n) is 23.2. The quantitative estimate of drug-likeness (QED) is 0.180. The van der Waals surface area contributed by atoms with Crippen molar-refractivity contribution in [3.05, 3.63) is 106 Å². The topological polar surface area (TPSA) is 54.0 Å². The fourth-order valence-electron chi connectivity index (χ4n) is 12.3. The van der Waals surface area contributed by atoms with Crippen LogP contribution in [0, 0.1) is 13.8 Å². The molecule has 6 nitrogen and oxygen atoms in total. The van der Waals surface area contributed by atoms with Crippen molar-refractivity contribution in [2.45, 2.75) is 172 Å². The number of aryl methyl sites for hydroxylation is 1. The van der Waals surface area contributed by atoms with Crippen LogP contribution in [-0.2, 0) is 10.3 Å². The highest BCUT2D eigenvalue weighted by Gasteiger charge is 2.58. The van der Waals surface area contributed by atoms with Crippen molar-refractivity contribution < 1.29 is 14.3 Å². The number of carbonyl (C=O) groups is 1. The minimum Gasteiger partial charge on any atom is -0.456 e. The Morgan fingerprint density at radius 2 is 1.03 bits per heavy atom. The van der Waals surface area contributed by atoms with E-state index in [9.17, 15) is 0 Å². The third-order valence-corrected chi connectivity index (χ3v) is 14.9. The third kappa shape index (κ3) is 6.48. The number of para-hydroxylation sites is 2. The monoisotopic (exact) mass is 777 g/mol. The number of rotatable bonds is 8. The maximum Gasteiger partial charge on any atom is 0.342 e. The van der Waals surface area contributed by atoms with Crippen molar-refractivity contribution in [1.29, 1.82) is 0 Å². The number of anilines is 4. The van der Waals surface area contributed by atoms with Crippen LogP contribution in [0.4, 0.5) is 22.7 Å². The SMILES string of the molecule is Cc1cccc(Nc2c(C)c(N(C3CCCCC3)C3CCCCC3)c(N(C3CCCCC3)C3CCCCC3)c3c2C2(OC3=O)c3ccccc3Oc3ccccc32)c1. The zero-order valence-electron chi connectivity index (χ0n) is 35.0. The van der Waals surface area contributed by atoms with E-state index in [2.05, 4.69) is 77.5 Å². The number of ether oxygens (including phenoxy) is 2. The van der Waals surface area contributed by atoms with Gasteiger partial charge in [0.2, 0.25) is 0 Å². The summed E-state index contributed by atoms with van der Waals surface area (Å²) >= 11 is 0. The van der Waals surface area contributed by atoms with Gasteiger partial charge in [-0.25, -0.2) is 4.79 Å². The van der Waals surface area contributed by atoms with E-state index < -0.39 is 5.60 Å². The molecule has 58 heavy (non-hydrogen) atoms. The van der Waals surface area contributed by atoms with Crippen LogP contribution in [0.15, 0.2) is 72.8 Å². The highest BCUT2D eigenvalue weighted by atomic mass is 16.6. The van der Waals surface area contributed by atoms with Crippen LogP contribution in [0.25, 0.3) is 0 Å². The van der Waals surface area contributed by atoms with Crippen LogP contribution in [0.1, 0.15) is 167 Å². The molecule has 4 aromatic carbocycles. The largest absolute Gasteiger partial charge is 0.456 e. The molecular weight excluding hydrogens is 715 g/mol. The van der Waals surface area contributed by atoms with Crippen LogP contribution in [0.5, 0.6) is 11.5 Å². The molecule has 1 N–H and O–H groups in total. The fourth-order valence-corrected chi connectivity index (χ4v) is 12.3. The van der Waals surface area contributed by atoms with Gasteiger partial charge < -0.3 is 24.6 Å². The molecule has 2 heterocycles. The summed E-state index contributed by atoms with van der Waals surface area (Å²) in [5.74, 6) is 1.29. The second-order valence-electron chi connectivity index (χ2n) is 18.6. The van der Waals surface area contributed by atoms with Gasteiger partial charge in [0, 0.05) is 46.5 Å². The summed E-state index contributed by atoms with van der Waals surface area (Å²) in [6.07, 6.45) is 24.9. The predicted molar refractivity (Wildman–Crippen MR) is 236 cm³/mol. The van der Waals surface area contributed by atoms with E-state index in [0.29, 0.717) is 24.2 Å². The molecule has 1 spiro atoms. The van der Waals surface area contributed by atoms with Gasteiger partial charge in [0.05, 0.1) is 22.6 Å². The van der Waals surface area contributed by atoms with Crippen LogP contribution in [-0.4, -0.2) is 30.1 Å². The summed E-state index contributed by atoms with van der Waals surface area (Å²) < 4.78 is 13.9. The Morgan fingerprint density at radius 1 is 0.569 bits per heavy atom. The molecule has 0 unspecified atom stereocenters. The number of hydrogen-bond acceptors (Lipinski definition) is 6. The lowest BCUT2D eigenvalue weighted by atomic mass is 9.75. The molecule has 0 radical (unpaired) electrons. The van der Waals surface area contributed by atoms with Crippen molar-refractivity contribution in [3.63, 3.8) is 0 Å². The highest BCUT2D eigenvalue weighted by Crippen LogP contribution is 2.63. The minimum absolute atomic E-state index is 0.200. The molecule has 0 bridgehead atoms. The first-order chi connectivity index (χ1) is 28.5.